The lowest BCUT2D eigenvalue weighted by Gasteiger charge is -2.16. The number of phenolic OH excluding ortho intramolecular Hbond substituents is 1. The number of carbonyl (C=O) groups is 1. The lowest BCUT2D eigenvalue weighted by molar-refractivity contribution is 0.0825. The summed E-state index contributed by atoms with van der Waals surface area (Å²) in [6.45, 7) is 0. The molecule has 3 rings (SSSR count). The van der Waals surface area contributed by atoms with Gasteiger partial charge in [0, 0.05) is 36.0 Å². The molecule has 5 heteroatoms. The summed E-state index contributed by atoms with van der Waals surface area (Å²) in [5, 5.41) is 12.4. The molecule has 1 amide bonds. The normalized spacial score (nSPS) is 10.9. The molecule has 0 saturated heterocycles. The molecule has 0 atom stereocenters. The van der Waals surface area contributed by atoms with Crippen LogP contribution in [0.15, 0.2) is 47.1 Å². The van der Waals surface area contributed by atoms with Gasteiger partial charge in [0.15, 0.2) is 0 Å². The van der Waals surface area contributed by atoms with E-state index in [2.05, 4.69) is 20.9 Å². The van der Waals surface area contributed by atoms with Crippen LogP contribution in [0.4, 0.5) is 0 Å². The van der Waals surface area contributed by atoms with Crippen LogP contribution in [0.1, 0.15) is 10.4 Å². The number of amides is 1. The van der Waals surface area contributed by atoms with E-state index in [-0.39, 0.29) is 11.7 Å². The van der Waals surface area contributed by atoms with Crippen LogP contribution in [-0.4, -0.2) is 35.0 Å². The molecule has 0 aliphatic rings. The Labute approximate surface area is 136 Å². The number of hydrogen-bond donors (Lipinski definition) is 2. The molecular weight excluding hydrogens is 344 g/mol. The maximum Gasteiger partial charge on any atom is 0.257 e. The van der Waals surface area contributed by atoms with Gasteiger partial charge in [0.2, 0.25) is 0 Å². The number of hydrogen-bond acceptors (Lipinski definition) is 2. The van der Waals surface area contributed by atoms with Gasteiger partial charge in [0.1, 0.15) is 5.75 Å². The number of nitrogens with one attached hydrogen (secondary N) is 1. The zero-order valence-electron chi connectivity index (χ0n) is 12.2. The van der Waals surface area contributed by atoms with E-state index in [1.54, 1.807) is 26.4 Å². The first-order valence-electron chi connectivity index (χ1n) is 6.79. The average Bonchev–Trinajstić information content (AvgIpc) is 2.99. The van der Waals surface area contributed by atoms with Crippen molar-refractivity contribution in [1.29, 1.82) is 0 Å². The maximum atomic E-state index is 12.4. The minimum atomic E-state index is -0.229. The van der Waals surface area contributed by atoms with Crippen molar-refractivity contribution in [3.8, 4) is 17.0 Å². The first-order valence-corrected chi connectivity index (χ1v) is 7.59. The van der Waals surface area contributed by atoms with Gasteiger partial charge < -0.3 is 15.0 Å². The van der Waals surface area contributed by atoms with Gasteiger partial charge in [-0.05, 0) is 41.1 Å². The molecule has 0 spiro atoms. The summed E-state index contributed by atoms with van der Waals surface area (Å²) in [5.41, 5.74) is 1.71. The molecule has 0 aliphatic carbocycles. The number of phenols is 1. The number of benzene rings is 2. The lowest BCUT2D eigenvalue weighted by Crippen LogP contribution is -2.21. The Morgan fingerprint density at radius 1 is 1.23 bits per heavy atom. The van der Waals surface area contributed by atoms with Gasteiger partial charge in [-0.25, -0.2) is 0 Å². The number of fused-ring (bicyclic) bond motifs is 1. The summed E-state index contributed by atoms with van der Waals surface area (Å²) in [6, 6.07) is 11.2. The number of aromatic hydroxyl groups is 1. The molecule has 0 unspecified atom stereocenters. The summed E-state index contributed by atoms with van der Waals surface area (Å²) in [6.07, 6.45) is 1.79. The predicted octanol–water partition coefficient (Wildman–Crippen LogP) is 4.00. The molecule has 0 radical (unpaired) electrons. The largest absolute Gasteiger partial charge is 0.506 e. The lowest BCUT2D eigenvalue weighted by atomic mass is 9.96. The van der Waals surface area contributed by atoms with Crippen molar-refractivity contribution in [3.05, 3.63) is 52.6 Å². The van der Waals surface area contributed by atoms with Crippen LogP contribution in [0.3, 0.4) is 0 Å². The molecule has 0 saturated carbocycles. The number of H-pyrrole nitrogens is 1. The molecule has 2 aromatic carbocycles. The second-order valence-electron chi connectivity index (χ2n) is 5.30. The van der Waals surface area contributed by atoms with Gasteiger partial charge in [-0.3, -0.25) is 4.79 Å². The Balaban J connectivity index is 2.40. The van der Waals surface area contributed by atoms with E-state index in [4.69, 9.17) is 0 Å². The van der Waals surface area contributed by atoms with Crippen molar-refractivity contribution >= 4 is 32.6 Å². The molecule has 0 aliphatic heterocycles. The molecule has 1 aromatic heterocycles. The second kappa shape index (κ2) is 5.50. The fraction of sp³-hybridized carbons (Fsp3) is 0.118. The Kier molecular flexibility index (Phi) is 3.66. The van der Waals surface area contributed by atoms with E-state index in [0.717, 1.165) is 20.9 Å². The quantitative estimate of drug-likeness (QED) is 0.727. The van der Waals surface area contributed by atoms with Gasteiger partial charge in [-0.1, -0.05) is 22.0 Å². The average molecular weight is 359 g/mol. The summed E-state index contributed by atoms with van der Waals surface area (Å²) >= 11 is 3.45. The van der Waals surface area contributed by atoms with Crippen LogP contribution in [0.5, 0.6) is 5.75 Å². The van der Waals surface area contributed by atoms with E-state index < -0.39 is 0 Å². The van der Waals surface area contributed by atoms with Crippen molar-refractivity contribution in [2.75, 3.05) is 14.1 Å². The summed E-state index contributed by atoms with van der Waals surface area (Å²) in [7, 11) is 3.34. The van der Waals surface area contributed by atoms with Crippen LogP contribution in [0.2, 0.25) is 0 Å². The van der Waals surface area contributed by atoms with Crippen molar-refractivity contribution in [3.63, 3.8) is 0 Å². The van der Waals surface area contributed by atoms with Gasteiger partial charge in [0.25, 0.3) is 5.91 Å². The molecule has 112 valence electrons. The van der Waals surface area contributed by atoms with Crippen molar-refractivity contribution in [2.24, 2.45) is 0 Å². The van der Waals surface area contributed by atoms with Crippen molar-refractivity contribution in [1.82, 2.24) is 9.88 Å². The maximum absolute atomic E-state index is 12.4. The van der Waals surface area contributed by atoms with Crippen LogP contribution < -0.4 is 0 Å². The van der Waals surface area contributed by atoms with Gasteiger partial charge in [-0.2, -0.15) is 0 Å². The van der Waals surface area contributed by atoms with E-state index in [9.17, 15) is 9.90 Å². The smallest absolute Gasteiger partial charge is 0.257 e. The minimum Gasteiger partial charge on any atom is -0.506 e. The molecule has 2 N–H and O–H groups in total. The first-order chi connectivity index (χ1) is 10.5. The summed E-state index contributed by atoms with van der Waals surface area (Å²) in [4.78, 5) is 16.9. The Bertz CT molecular complexity index is 855. The first kappa shape index (κ1) is 14.7. The Morgan fingerprint density at radius 3 is 2.64 bits per heavy atom. The zero-order valence-corrected chi connectivity index (χ0v) is 13.8. The van der Waals surface area contributed by atoms with E-state index in [1.165, 1.54) is 4.90 Å². The third-order valence-corrected chi connectivity index (χ3v) is 4.07. The van der Waals surface area contributed by atoms with Gasteiger partial charge in [-0.15, -0.1) is 0 Å². The Morgan fingerprint density at radius 2 is 2.00 bits per heavy atom. The number of aromatic amines is 1. The van der Waals surface area contributed by atoms with Crippen molar-refractivity contribution in [2.45, 2.75) is 0 Å². The van der Waals surface area contributed by atoms with Crippen molar-refractivity contribution < 1.29 is 9.90 Å². The molecule has 1 heterocycles. The Hall–Kier alpha value is -2.27. The molecular formula is C17H15BrN2O2. The standard InChI is InChI=1S/C17H15BrN2O2/c1-20(2)17(22)13-9-10-8-11(18)5-6-12(10)15(16(13)21)14-4-3-7-19-14/h3-9,19,21H,1-2H3. The number of aromatic nitrogens is 1. The second-order valence-corrected chi connectivity index (χ2v) is 6.21. The fourth-order valence-corrected chi connectivity index (χ4v) is 2.91. The monoisotopic (exact) mass is 358 g/mol. The summed E-state index contributed by atoms with van der Waals surface area (Å²) in [5.74, 6) is -0.233. The number of nitrogens with zero attached hydrogens (tertiary/aromatic N) is 1. The molecule has 22 heavy (non-hydrogen) atoms. The van der Waals surface area contributed by atoms with E-state index in [0.29, 0.717) is 11.1 Å². The van der Waals surface area contributed by atoms with E-state index >= 15 is 0 Å². The molecule has 0 fully saturated rings. The predicted molar refractivity (Wildman–Crippen MR) is 91.1 cm³/mol. The molecule has 0 bridgehead atoms. The highest BCUT2D eigenvalue weighted by Gasteiger charge is 2.20. The number of rotatable bonds is 2. The highest BCUT2D eigenvalue weighted by Crippen LogP contribution is 2.39. The van der Waals surface area contributed by atoms with Crippen LogP contribution in [-0.2, 0) is 0 Å². The molecule has 3 aromatic rings. The van der Waals surface area contributed by atoms with Crippen LogP contribution in [0, 0.1) is 0 Å². The van der Waals surface area contributed by atoms with Gasteiger partial charge >= 0.3 is 0 Å². The molecule has 4 nitrogen and oxygen atoms in total. The number of halogens is 1. The minimum absolute atomic E-state index is 0.00373. The third kappa shape index (κ3) is 2.37. The third-order valence-electron chi connectivity index (χ3n) is 3.58. The topological polar surface area (TPSA) is 56.3 Å². The van der Waals surface area contributed by atoms with E-state index in [1.807, 2.05) is 30.3 Å². The summed E-state index contributed by atoms with van der Waals surface area (Å²) < 4.78 is 0.923. The zero-order chi connectivity index (χ0) is 15.9. The SMILES string of the molecule is CN(C)C(=O)c1cc2cc(Br)ccc2c(-c2ccc[nH]2)c1O. The highest BCUT2D eigenvalue weighted by atomic mass is 79.9. The van der Waals surface area contributed by atoms with Crippen LogP contribution in [0.25, 0.3) is 22.0 Å². The van der Waals surface area contributed by atoms with Crippen LogP contribution >= 0.6 is 15.9 Å². The highest BCUT2D eigenvalue weighted by molar-refractivity contribution is 9.10. The fourth-order valence-electron chi connectivity index (χ4n) is 2.53. The van der Waals surface area contributed by atoms with Gasteiger partial charge in [0.05, 0.1) is 5.56 Å². The number of carbonyl (C=O) groups excluding carboxylic acids is 1.